The lowest BCUT2D eigenvalue weighted by Gasteiger charge is -2.34. The Hall–Kier alpha value is -1.27. The van der Waals surface area contributed by atoms with Gasteiger partial charge >= 0.3 is 12.1 Å². The summed E-state index contributed by atoms with van der Waals surface area (Å²) >= 11 is 0. The lowest BCUT2D eigenvalue weighted by molar-refractivity contribution is -0.200. The molecule has 1 aliphatic carbocycles. The molecule has 7 heteroatoms. The van der Waals surface area contributed by atoms with Crippen LogP contribution in [0.15, 0.2) is 0 Å². The van der Waals surface area contributed by atoms with E-state index in [0.29, 0.717) is 25.8 Å². The van der Waals surface area contributed by atoms with Gasteiger partial charge in [0.2, 0.25) is 5.91 Å². The Bertz CT molecular complexity index is 411. The van der Waals surface area contributed by atoms with Crippen LogP contribution in [0.4, 0.5) is 13.2 Å². The second kappa shape index (κ2) is 6.23. The maximum Gasteiger partial charge on any atom is 0.392 e. The van der Waals surface area contributed by atoms with E-state index in [2.05, 4.69) is 0 Å². The smallest absolute Gasteiger partial charge is 0.392 e. The predicted octanol–water partition coefficient (Wildman–Crippen LogP) is 2.68. The summed E-state index contributed by atoms with van der Waals surface area (Å²) in [6, 6.07) is 0. The van der Waals surface area contributed by atoms with Gasteiger partial charge in [-0.2, -0.15) is 13.2 Å². The highest BCUT2D eigenvalue weighted by Gasteiger charge is 2.49. The van der Waals surface area contributed by atoms with Gasteiger partial charge in [-0.05, 0) is 25.2 Å². The number of carboxylic acids is 1. The number of aliphatic carboxylic acids is 1. The van der Waals surface area contributed by atoms with E-state index in [0.717, 1.165) is 0 Å². The van der Waals surface area contributed by atoms with Crippen LogP contribution >= 0.6 is 0 Å². The fourth-order valence-corrected chi connectivity index (χ4v) is 3.50. The molecule has 0 aromatic heterocycles. The van der Waals surface area contributed by atoms with Crippen LogP contribution in [0.5, 0.6) is 0 Å². The number of nitrogens with zero attached hydrogens (tertiary/aromatic N) is 1. The Balaban J connectivity index is 2.00. The van der Waals surface area contributed by atoms with Gasteiger partial charge in [0.25, 0.3) is 0 Å². The highest BCUT2D eigenvalue weighted by atomic mass is 19.4. The number of amides is 1. The standard InChI is InChI=1S/C14H20F3NO3/c15-14(16,17)11-4-2-1-3-10(11)13(21)18-6-5-9(8-18)7-12(19)20/h9-11H,1-8H2,(H,19,20). The second-order valence-electron chi connectivity index (χ2n) is 6.08. The van der Waals surface area contributed by atoms with E-state index in [-0.39, 0.29) is 31.7 Å². The topological polar surface area (TPSA) is 57.6 Å². The average molecular weight is 307 g/mol. The van der Waals surface area contributed by atoms with Gasteiger partial charge in [0, 0.05) is 25.4 Å². The molecule has 4 nitrogen and oxygen atoms in total. The SMILES string of the molecule is O=C(O)CC1CCN(C(=O)C2CCCCC2C(F)(F)F)C1. The molecule has 3 atom stereocenters. The number of carbonyl (C=O) groups is 2. The van der Waals surface area contributed by atoms with Crippen molar-refractivity contribution in [3.8, 4) is 0 Å². The van der Waals surface area contributed by atoms with Gasteiger partial charge in [-0.15, -0.1) is 0 Å². The van der Waals surface area contributed by atoms with Crippen LogP contribution in [0.2, 0.25) is 0 Å². The van der Waals surface area contributed by atoms with Gasteiger partial charge in [0.15, 0.2) is 0 Å². The predicted molar refractivity (Wildman–Crippen MR) is 68.4 cm³/mol. The number of hydrogen-bond donors (Lipinski definition) is 1. The molecule has 0 aromatic rings. The van der Waals surface area contributed by atoms with Crippen molar-refractivity contribution in [2.75, 3.05) is 13.1 Å². The van der Waals surface area contributed by atoms with Crippen LogP contribution in [0.25, 0.3) is 0 Å². The molecule has 1 N–H and O–H groups in total. The summed E-state index contributed by atoms with van der Waals surface area (Å²) in [4.78, 5) is 24.5. The maximum absolute atomic E-state index is 13.0. The lowest BCUT2D eigenvalue weighted by Crippen LogP contribution is -2.44. The lowest BCUT2D eigenvalue weighted by atomic mass is 9.78. The molecule has 1 saturated heterocycles. The summed E-state index contributed by atoms with van der Waals surface area (Å²) in [5.41, 5.74) is 0. The van der Waals surface area contributed by atoms with Gasteiger partial charge in [-0.3, -0.25) is 9.59 Å². The van der Waals surface area contributed by atoms with E-state index >= 15 is 0 Å². The van der Waals surface area contributed by atoms with Crippen molar-refractivity contribution in [2.24, 2.45) is 17.8 Å². The first-order chi connectivity index (χ1) is 9.79. The number of halogens is 3. The molecule has 2 aliphatic rings. The van der Waals surface area contributed by atoms with Gasteiger partial charge in [-0.1, -0.05) is 12.8 Å². The van der Waals surface area contributed by atoms with Crippen LogP contribution < -0.4 is 0 Å². The third-order valence-electron chi connectivity index (χ3n) is 4.56. The van der Waals surface area contributed by atoms with Crippen LogP contribution in [0.1, 0.15) is 38.5 Å². The van der Waals surface area contributed by atoms with Crippen LogP contribution in [-0.4, -0.2) is 41.1 Å². The first kappa shape index (κ1) is 16.1. The molecule has 0 radical (unpaired) electrons. The Kier molecular flexibility index (Phi) is 4.78. The Morgan fingerprint density at radius 1 is 1.14 bits per heavy atom. The average Bonchev–Trinajstić information content (AvgIpc) is 2.84. The molecule has 120 valence electrons. The largest absolute Gasteiger partial charge is 0.481 e. The van der Waals surface area contributed by atoms with Crippen LogP contribution in [-0.2, 0) is 9.59 Å². The molecule has 1 aliphatic heterocycles. The number of rotatable bonds is 3. The van der Waals surface area contributed by atoms with Crippen molar-refractivity contribution < 1.29 is 27.9 Å². The highest BCUT2D eigenvalue weighted by molar-refractivity contribution is 5.79. The zero-order chi connectivity index (χ0) is 15.6. The van der Waals surface area contributed by atoms with E-state index in [1.165, 1.54) is 4.90 Å². The van der Waals surface area contributed by atoms with Crippen molar-refractivity contribution in [2.45, 2.75) is 44.7 Å². The minimum atomic E-state index is -4.33. The summed E-state index contributed by atoms with van der Waals surface area (Å²) in [7, 11) is 0. The fraction of sp³-hybridized carbons (Fsp3) is 0.857. The Morgan fingerprint density at radius 2 is 1.81 bits per heavy atom. The fourth-order valence-electron chi connectivity index (χ4n) is 3.50. The molecule has 21 heavy (non-hydrogen) atoms. The van der Waals surface area contributed by atoms with Crippen LogP contribution in [0, 0.1) is 17.8 Å². The minimum absolute atomic E-state index is 0.0201. The highest BCUT2D eigenvalue weighted by Crippen LogP contribution is 2.42. The molecule has 0 bridgehead atoms. The van der Waals surface area contributed by atoms with Crippen molar-refractivity contribution in [3.63, 3.8) is 0 Å². The molecule has 1 heterocycles. The quantitative estimate of drug-likeness (QED) is 0.872. The zero-order valence-corrected chi connectivity index (χ0v) is 11.7. The molecule has 1 amide bonds. The first-order valence-electron chi connectivity index (χ1n) is 7.36. The van der Waals surface area contributed by atoms with E-state index in [1.54, 1.807) is 0 Å². The zero-order valence-electron chi connectivity index (χ0n) is 11.7. The molecule has 0 spiro atoms. The number of likely N-dealkylation sites (tertiary alicyclic amines) is 1. The first-order valence-corrected chi connectivity index (χ1v) is 7.36. The summed E-state index contributed by atoms with van der Waals surface area (Å²) in [5.74, 6) is -4.04. The summed E-state index contributed by atoms with van der Waals surface area (Å²) in [6.07, 6.45) is -2.35. The molecule has 3 unspecified atom stereocenters. The van der Waals surface area contributed by atoms with Crippen molar-refractivity contribution >= 4 is 11.9 Å². The monoisotopic (exact) mass is 307 g/mol. The van der Waals surface area contributed by atoms with Gasteiger partial charge in [-0.25, -0.2) is 0 Å². The number of hydrogen-bond acceptors (Lipinski definition) is 2. The third-order valence-corrected chi connectivity index (χ3v) is 4.56. The minimum Gasteiger partial charge on any atom is -0.481 e. The Morgan fingerprint density at radius 3 is 2.43 bits per heavy atom. The summed E-state index contributed by atoms with van der Waals surface area (Å²) in [6.45, 7) is 0.643. The molecule has 1 saturated carbocycles. The molecule has 2 rings (SSSR count). The second-order valence-corrected chi connectivity index (χ2v) is 6.08. The Labute approximate surface area is 121 Å². The van der Waals surface area contributed by atoms with E-state index < -0.39 is 29.9 Å². The van der Waals surface area contributed by atoms with Gasteiger partial charge in [0.1, 0.15) is 0 Å². The van der Waals surface area contributed by atoms with Gasteiger partial charge < -0.3 is 10.0 Å². The molecule has 0 aromatic carbocycles. The number of carbonyl (C=O) groups excluding carboxylic acids is 1. The molecular formula is C14H20F3NO3. The van der Waals surface area contributed by atoms with E-state index in [1.807, 2.05) is 0 Å². The number of carboxylic acid groups (broad SMARTS) is 1. The maximum atomic E-state index is 13.0. The van der Waals surface area contributed by atoms with Crippen LogP contribution in [0.3, 0.4) is 0 Å². The van der Waals surface area contributed by atoms with E-state index in [4.69, 9.17) is 5.11 Å². The summed E-state index contributed by atoms with van der Waals surface area (Å²) < 4.78 is 39.1. The molecule has 2 fully saturated rings. The number of alkyl halides is 3. The normalized spacial score (nSPS) is 30.4. The molecular weight excluding hydrogens is 287 g/mol. The van der Waals surface area contributed by atoms with Crippen molar-refractivity contribution in [3.05, 3.63) is 0 Å². The van der Waals surface area contributed by atoms with Crippen molar-refractivity contribution in [1.29, 1.82) is 0 Å². The summed E-state index contributed by atoms with van der Waals surface area (Å²) in [5, 5.41) is 8.74. The van der Waals surface area contributed by atoms with Crippen molar-refractivity contribution in [1.82, 2.24) is 4.90 Å². The van der Waals surface area contributed by atoms with Gasteiger partial charge in [0.05, 0.1) is 5.92 Å². The third kappa shape index (κ3) is 3.89. The van der Waals surface area contributed by atoms with E-state index in [9.17, 15) is 22.8 Å².